The highest BCUT2D eigenvalue weighted by molar-refractivity contribution is 9.09. The zero-order chi connectivity index (χ0) is 10.8. The summed E-state index contributed by atoms with van der Waals surface area (Å²) in [6, 6.07) is 0. The predicted molar refractivity (Wildman–Crippen MR) is 67.0 cm³/mol. The van der Waals surface area contributed by atoms with Gasteiger partial charge >= 0.3 is 0 Å². The summed E-state index contributed by atoms with van der Waals surface area (Å²) in [6.45, 7) is 13.2. The molecule has 1 rings (SSSR count). The lowest BCUT2D eigenvalue weighted by Crippen LogP contribution is -2.34. The minimum absolute atomic E-state index is 0.422. The molecule has 2 heteroatoms. The van der Waals surface area contributed by atoms with Crippen LogP contribution < -0.4 is 0 Å². The van der Waals surface area contributed by atoms with Crippen molar-refractivity contribution in [3.8, 4) is 0 Å². The van der Waals surface area contributed by atoms with Gasteiger partial charge in [0.1, 0.15) is 0 Å². The number of halogens is 1. The van der Waals surface area contributed by atoms with Crippen LogP contribution in [-0.4, -0.2) is 29.9 Å². The quantitative estimate of drug-likeness (QED) is 0.702. The Morgan fingerprint density at radius 2 is 2.07 bits per heavy atom. The van der Waals surface area contributed by atoms with Crippen molar-refractivity contribution >= 4 is 15.9 Å². The van der Waals surface area contributed by atoms with Gasteiger partial charge in [-0.2, -0.15) is 0 Å². The molecule has 14 heavy (non-hydrogen) atoms. The topological polar surface area (TPSA) is 3.24 Å². The lowest BCUT2D eigenvalue weighted by atomic mass is 9.94. The summed E-state index contributed by atoms with van der Waals surface area (Å²) in [5.41, 5.74) is 0.422. The Morgan fingerprint density at radius 1 is 1.43 bits per heavy atom. The van der Waals surface area contributed by atoms with Crippen molar-refractivity contribution in [3.63, 3.8) is 0 Å². The SMILES string of the molecule is CC(C)C1CCN(CC(C)(C)CBr)C1. The number of likely N-dealkylation sites (tertiary alicyclic amines) is 1. The molecule has 0 radical (unpaired) electrons. The van der Waals surface area contributed by atoms with Crippen LogP contribution in [0, 0.1) is 17.3 Å². The fraction of sp³-hybridized carbons (Fsp3) is 1.00. The van der Waals surface area contributed by atoms with Gasteiger partial charge in [-0.05, 0) is 30.2 Å². The van der Waals surface area contributed by atoms with Crippen molar-refractivity contribution in [3.05, 3.63) is 0 Å². The van der Waals surface area contributed by atoms with Crippen molar-refractivity contribution in [2.24, 2.45) is 17.3 Å². The number of nitrogens with zero attached hydrogens (tertiary/aromatic N) is 1. The molecule has 1 fully saturated rings. The molecule has 1 saturated heterocycles. The van der Waals surface area contributed by atoms with E-state index < -0.39 is 0 Å². The predicted octanol–water partition coefficient (Wildman–Crippen LogP) is 3.39. The van der Waals surface area contributed by atoms with Crippen LogP contribution in [0.15, 0.2) is 0 Å². The second-order valence-corrected chi connectivity index (χ2v) is 6.39. The third-order valence-electron chi connectivity index (χ3n) is 3.27. The highest BCUT2D eigenvalue weighted by Crippen LogP contribution is 2.27. The van der Waals surface area contributed by atoms with E-state index in [4.69, 9.17) is 0 Å². The number of rotatable bonds is 4. The summed E-state index contributed by atoms with van der Waals surface area (Å²) in [7, 11) is 0. The highest BCUT2D eigenvalue weighted by atomic mass is 79.9. The van der Waals surface area contributed by atoms with Crippen LogP contribution in [-0.2, 0) is 0 Å². The summed E-state index contributed by atoms with van der Waals surface area (Å²) in [5.74, 6) is 1.79. The Labute approximate surface area is 97.4 Å². The Kier molecular flexibility index (Phi) is 4.45. The summed E-state index contributed by atoms with van der Waals surface area (Å²) in [6.07, 6.45) is 1.40. The Morgan fingerprint density at radius 3 is 2.50 bits per heavy atom. The Balaban J connectivity index is 2.36. The molecule has 1 atom stereocenters. The monoisotopic (exact) mass is 261 g/mol. The number of hydrogen-bond donors (Lipinski definition) is 0. The first-order valence-corrected chi connectivity index (χ1v) is 6.85. The third-order valence-corrected chi connectivity index (χ3v) is 4.78. The van der Waals surface area contributed by atoms with Crippen LogP contribution in [0.25, 0.3) is 0 Å². The Bertz CT molecular complexity index is 177. The molecule has 0 amide bonds. The third kappa shape index (κ3) is 3.54. The first-order chi connectivity index (χ1) is 6.44. The lowest BCUT2D eigenvalue weighted by molar-refractivity contribution is 0.219. The maximum absolute atomic E-state index is 3.60. The van der Waals surface area contributed by atoms with Crippen molar-refractivity contribution in [1.29, 1.82) is 0 Å². The molecule has 0 N–H and O–H groups in total. The van der Waals surface area contributed by atoms with Gasteiger partial charge < -0.3 is 4.90 Å². The molecule has 0 aromatic heterocycles. The average Bonchev–Trinajstić information content (AvgIpc) is 2.52. The van der Waals surface area contributed by atoms with E-state index in [0.717, 1.165) is 17.2 Å². The molecular formula is C12H24BrN. The summed E-state index contributed by atoms with van der Waals surface area (Å²) in [4.78, 5) is 2.63. The van der Waals surface area contributed by atoms with E-state index in [1.54, 1.807) is 0 Å². The summed E-state index contributed by atoms with van der Waals surface area (Å²) in [5, 5.41) is 1.10. The summed E-state index contributed by atoms with van der Waals surface area (Å²) < 4.78 is 0. The smallest absolute Gasteiger partial charge is 0.00949 e. The van der Waals surface area contributed by atoms with Gasteiger partial charge in [0.05, 0.1) is 0 Å². The van der Waals surface area contributed by atoms with Gasteiger partial charge in [0.2, 0.25) is 0 Å². The van der Waals surface area contributed by atoms with E-state index in [1.807, 2.05) is 0 Å². The van der Waals surface area contributed by atoms with Gasteiger partial charge in [0.15, 0.2) is 0 Å². The van der Waals surface area contributed by atoms with E-state index in [9.17, 15) is 0 Å². The molecule has 0 aromatic rings. The molecule has 0 saturated carbocycles. The minimum Gasteiger partial charge on any atom is -0.302 e. The van der Waals surface area contributed by atoms with Crippen molar-refractivity contribution in [1.82, 2.24) is 4.90 Å². The van der Waals surface area contributed by atoms with Gasteiger partial charge in [-0.3, -0.25) is 0 Å². The fourth-order valence-electron chi connectivity index (χ4n) is 2.20. The van der Waals surface area contributed by atoms with Gasteiger partial charge in [-0.1, -0.05) is 43.6 Å². The Hall–Kier alpha value is 0.440. The largest absolute Gasteiger partial charge is 0.302 e. The normalized spacial score (nSPS) is 24.9. The molecule has 1 unspecified atom stereocenters. The lowest BCUT2D eigenvalue weighted by Gasteiger charge is -2.28. The number of alkyl halides is 1. The van der Waals surface area contributed by atoms with Crippen LogP contribution in [0.4, 0.5) is 0 Å². The molecule has 0 aromatic carbocycles. The molecule has 0 spiro atoms. The van der Waals surface area contributed by atoms with Crippen molar-refractivity contribution < 1.29 is 0 Å². The molecule has 1 aliphatic rings. The van der Waals surface area contributed by atoms with Crippen LogP contribution in [0.3, 0.4) is 0 Å². The standard InChI is InChI=1S/C12H24BrN/c1-10(2)11-5-6-14(7-11)9-12(3,4)8-13/h10-11H,5-9H2,1-4H3. The molecule has 0 aliphatic carbocycles. The first kappa shape index (κ1) is 12.5. The molecular weight excluding hydrogens is 238 g/mol. The van der Waals surface area contributed by atoms with Crippen molar-refractivity contribution in [2.45, 2.75) is 34.1 Å². The van der Waals surface area contributed by atoms with E-state index in [-0.39, 0.29) is 0 Å². The first-order valence-electron chi connectivity index (χ1n) is 5.73. The average molecular weight is 262 g/mol. The highest BCUT2D eigenvalue weighted by Gasteiger charge is 2.28. The fourth-order valence-corrected chi connectivity index (χ4v) is 2.38. The van der Waals surface area contributed by atoms with Crippen LogP contribution in [0.1, 0.15) is 34.1 Å². The zero-order valence-electron chi connectivity index (χ0n) is 10.0. The van der Waals surface area contributed by atoms with Crippen molar-refractivity contribution in [2.75, 3.05) is 25.0 Å². The van der Waals surface area contributed by atoms with Gasteiger partial charge in [-0.15, -0.1) is 0 Å². The van der Waals surface area contributed by atoms with E-state index in [1.165, 1.54) is 26.1 Å². The van der Waals surface area contributed by atoms with E-state index in [0.29, 0.717) is 5.41 Å². The second kappa shape index (κ2) is 4.98. The molecule has 0 bridgehead atoms. The van der Waals surface area contributed by atoms with E-state index in [2.05, 4.69) is 48.5 Å². The van der Waals surface area contributed by atoms with Gasteiger partial charge in [0, 0.05) is 18.4 Å². The van der Waals surface area contributed by atoms with Crippen LogP contribution in [0.5, 0.6) is 0 Å². The maximum atomic E-state index is 3.60. The molecule has 1 nitrogen and oxygen atoms in total. The second-order valence-electron chi connectivity index (χ2n) is 5.83. The van der Waals surface area contributed by atoms with Crippen LogP contribution >= 0.6 is 15.9 Å². The zero-order valence-corrected chi connectivity index (χ0v) is 11.6. The van der Waals surface area contributed by atoms with Gasteiger partial charge in [0.25, 0.3) is 0 Å². The molecule has 1 aliphatic heterocycles. The minimum atomic E-state index is 0.422. The molecule has 84 valence electrons. The molecule has 1 heterocycles. The van der Waals surface area contributed by atoms with Gasteiger partial charge in [-0.25, -0.2) is 0 Å². The number of hydrogen-bond acceptors (Lipinski definition) is 1. The van der Waals surface area contributed by atoms with E-state index >= 15 is 0 Å². The summed E-state index contributed by atoms with van der Waals surface area (Å²) >= 11 is 3.60. The van der Waals surface area contributed by atoms with Crippen LogP contribution in [0.2, 0.25) is 0 Å². The maximum Gasteiger partial charge on any atom is 0.00949 e.